The molecule has 1 aromatic heterocycles. The van der Waals surface area contributed by atoms with Crippen molar-refractivity contribution in [1.82, 2.24) is 10.2 Å². The van der Waals surface area contributed by atoms with E-state index in [1.165, 1.54) is 18.2 Å². The Morgan fingerprint density at radius 1 is 1.30 bits per heavy atom. The Balaban J connectivity index is 2.11. The minimum Gasteiger partial charge on any atom is -0.421 e. The van der Waals surface area contributed by atoms with Gasteiger partial charge in [0.05, 0.1) is 5.54 Å². The highest BCUT2D eigenvalue weighted by molar-refractivity contribution is 9.09. The summed E-state index contributed by atoms with van der Waals surface area (Å²) in [7, 11) is 0. The number of rotatable bonds is 6. The molecule has 144 valence electrons. The minimum absolute atomic E-state index is 0.0239. The van der Waals surface area contributed by atoms with E-state index < -0.39 is 23.3 Å². The van der Waals surface area contributed by atoms with Crippen LogP contribution in [0.1, 0.15) is 31.2 Å². The van der Waals surface area contributed by atoms with Crippen LogP contribution in [0.5, 0.6) is 0 Å². The molecule has 2 unspecified atom stereocenters. The van der Waals surface area contributed by atoms with Gasteiger partial charge in [-0.1, -0.05) is 35.0 Å². The molecular weight excluding hydrogens is 423 g/mol. The Bertz CT molecular complexity index is 896. The second kappa shape index (κ2) is 7.98. The van der Waals surface area contributed by atoms with Crippen LogP contribution in [-0.4, -0.2) is 21.7 Å². The normalized spacial score (nSPS) is 22.1. The molecule has 0 bridgehead atoms. The van der Waals surface area contributed by atoms with E-state index in [1.807, 2.05) is 6.92 Å². The Morgan fingerprint density at radius 3 is 2.74 bits per heavy atom. The molecule has 1 aliphatic carbocycles. The van der Waals surface area contributed by atoms with Gasteiger partial charge >= 0.3 is 0 Å². The Hall–Kier alpha value is -1.93. The van der Waals surface area contributed by atoms with Gasteiger partial charge in [0.2, 0.25) is 11.8 Å². The average molecular weight is 442 g/mol. The lowest BCUT2D eigenvalue weighted by molar-refractivity contribution is 0.271. The Kier molecular flexibility index (Phi) is 5.86. The van der Waals surface area contributed by atoms with Crippen LogP contribution in [0.4, 0.5) is 13.2 Å². The van der Waals surface area contributed by atoms with Gasteiger partial charge in [-0.15, -0.1) is 10.2 Å². The molecule has 1 aromatic carbocycles. The second-order valence-electron chi connectivity index (χ2n) is 6.34. The van der Waals surface area contributed by atoms with Crippen molar-refractivity contribution in [2.75, 3.05) is 5.33 Å². The summed E-state index contributed by atoms with van der Waals surface area (Å²) in [6.45, 7) is 1.87. The third kappa shape index (κ3) is 3.73. The van der Waals surface area contributed by atoms with E-state index in [1.54, 1.807) is 6.08 Å². The van der Waals surface area contributed by atoms with Crippen molar-refractivity contribution in [1.29, 1.82) is 0 Å². The van der Waals surface area contributed by atoms with Gasteiger partial charge in [-0.3, -0.25) is 0 Å². The molecule has 0 radical (unpaired) electrons. The largest absolute Gasteiger partial charge is 0.421 e. The van der Waals surface area contributed by atoms with Crippen molar-refractivity contribution in [2.45, 2.75) is 37.9 Å². The molecule has 27 heavy (non-hydrogen) atoms. The van der Waals surface area contributed by atoms with E-state index in [0.717, 1.165) is 23.4 Å². The number of allylic oxidation sites excluding steroid dienone is 2. The molecule has 2 aromatic rings. The van der Waals surface area contributed by atoms with Crippen LogP contribution in [0.25, 0.3) is 11.5 Å². The summed E-state index contributed by atoms with van der Waals surface area (Å²) >= 11 is 3.31. The van der Waals surface area contributed by atoms with E-state index in [0.29, 0.717) is 18.7 Å². The molecule has 0 saturated heterocycles. The standard InChI is InChI=1S/C19H19BrF3N3O/c1-2-11-7-8-19(24,14(22)10-11)16-12(5-6-13(21)17(16)23)18-26-25-15(27-18)4-3-9-20/h5-8,10,14H,2-4,9,24H2,1H3. The van der Waals surface area contributed by atoms with Gasteiger partial charge in [0, 0.05) is 22.9 Å². The molecule has 0 spiro atoms. The molecule has 1 aliphatic rings. The van der Waals surface area contributed by atoms with Crippen molar-refractivity contribution in [3.63, 3.8) is 0 Å². The summed E-state index contributed by atoms with van der Waals surface area (Å²) in [6, 6.07) is 2.22. The first-order valence-corrected chi connectivity index (χ1v) is 9.73. The van der Waals surface area contributed by atoms with Gasteiger partial charge in [-0.05, 0) is 36.6 Å². The highest BCUT2D eigenvalue weighted by atomic mass is 79.9. The van der Waals surface area contributed by atoms with Crippen LogP contribution in [0, 0.1) is 11.6 Å². The van der Waals surface area contributed by atoms with Gasteiger partial charge in [-0.2, -0.15) is 0 Å². The molecule has 2 atom stereocenters. The highest BCUT2D eigenvalue weighted by Crippen LogP contribution is 2.40. The van der Waals surface area contributed by atoms with Gasteiger partial charge < -0.3 is 10.2 Å². The number of alkyl halides is 2. The topological polar surface area (TPSA) is 64.9 Å². The number of nitrogens with zero attached hydrogens (tertiary/aromatic N) is 2. The number of hydrogen-bond donors (Lipinski definition) is 1. The molecule has 0 saturated carbocycles. The number of aromatic nitrogens is 2. The molecule has 1 heterocycles. The summed E-state index contributed by atoms with van der Waals surface area (Å²) in [4.78, 5) is 0. The smallest absolute Gasteiger partial charge is 0.248 e. The maximum Gasteiger partial charge on any atom is 0.248 e. The van der Waals surface area contributed by atoms with Crippen LogP contribution in [0.3, 0.4) is 0 Å². The van der Waals surface area contributed by atoms with E-state index in [-0.39, 0.29) is 17.0 Å². The average Bonchev–Trinajstić information content (AvgIpc) is 3.13. The van der Waals surface area contributed by atoms with Crippen LogP contribution in [0.15, 0.2) is 40.4 Å². The molecule has 0 fully saturated rings. The first-order chi connectivity index (χ1) is 12.9. The molecular formula is C19H19BrF3N3O. The second-order valence-corrected chi connectivity index (χ2v) is 7.13. The Morgan fingerprint density at radius 2 is 2.07 bits per heavy atom. The van der Waals surface area contributed by atoms with Crippen molar-refractivity contribution < 1.29 is 17.6 Å². The molecule has 0 amide bonds. The maximum absolute atomic E-state index is 14.9. The molecule has 2 N–H and O–H groups in total. The summed E-state index contributed by atoms with van der Waals surface area (Å²) in [5, 5.41) is 8.59. The summed E-state index contributed by atoms with van der Waals surface area (Å²) in [5.41, 5.74) is 4.81. The van der Waals surface area contributed by atoms with Crippen molar-refractivity contribution >= 4 is 15.9 Å². The van der Waals surface area contributed by atoms with Crippen LogP contribution >= 0.6 is 15.9 Å². The van der Waals surface area contributed by atoms with Gasteiger partial charge in [-0.25, -0.2) is 13.2 Å². The zero-order valence-corrected chi connectivity index (χ0v) is 16.3. The van der Waals surface area contributed by atoms with Crippen molar-refractivity contribution in [3.8, 4) is 11.5 Å². The fourth-order valence-corrected chi connectivity index (χ4v) is 3.29. The van der Waals surface area contributed by atoms with Crippen molar-refractivity contribution in [3.05, 3.63) is 59.0 Å². The van der Waals surface area contributed by atoms with E-state index in [2.05, 4.69) is 26.1 Å². The van der Waals surface area contributed by atoms with Gasteiger partial charge in [0.25, 0.3) is 0 Å². The number of hydrogen-bond acceptors (Lipinski definition) is 4. The first-order valence-electron chi connectivity index (χ1n) is 8.60. The van der Waals surface area contributed by atoms with Crippen LogP contribution < -0.4 is 5.73 Å². The SMILES string of the molecule is CCC1=CC(F)C(N)(c2c(-c3nnc(CCCBr)o3)ccc(F)c2F)C=C1. The van der Waals surface area contributed by atoms with E-state index in [9.17, 15) is 13.2 Å². The van der Waals surface area contributed by atoms with E-state index in [4.69, 9.17) is 10.2 Å². The number of aryl methyl sites for hydroxylation is 1. The molecule has 3 rings (SSSR count). The lowest BCUT2D eigenvalue weighted by Crippen LogP contribution is -2.46. The zero-order valence-electron chi connectivity index (χ0n) is 14.7. The van der Waals surface area contributed by atoms with Gasteiger partial charge in [0.15, 0.2) is 11.6 Å². The third-order valence-electron chi connectivity index (χ3n) is 4.55. The molecule has 0 aliphatic heterocycles. The predicted octanol–water partition coefficient (Wildman–Crippen LogP) is 4.74. The minimum atomic E-state index is -1.88. The summed E-state index contributed by atoms with van der Waals surface area (Å²) in [6.07, 6.45) is 4.48. The third-order valence-corrected chi connectivity index (χ3v) is 5.11. The molecule has 4 nitrogen and oxygen atoms in total. The van der Waals surface area contributed by atoms with Gasteiger partial charge in [0.1, 0.15) is 6.17 Å². The number of halogens is 4. The fourth-order valence-electron chi connectivity index (χ4n) is 3.01. The van der Waals surface area contributed by atoms with Crippen molar-refractivity contribution in [2.24, 2.45) is 5.73 Å². The van der Waals surface area contributed by atoms with E-state index >= 15 is 0 Å². The quantitative estimate of drug-likeness (QED) is 0.657. The summed E-state index contributed by atoms with van der Waals surface area (Å²) in [5.74, 6) is -2.01. The number of benzene rings is 1. The Labute approximate surface area is 163 Å². The van der Waals surface area contributed by atoms with Crippen LogP contribution in [0.2, 0.25) is 0 Å². The maximum atomic E-state index is 14.9. The lowest BCUT2D eigenvalue weighted by Gasteiger charge is -2.33. The fraction of sp³-hybridized carbons (Fsp3) is 0.368. The molecule has 8 heteroatoms. The highest BCUT2D eigenvalue weighted by Gasteiger charge is 2.41. The summed E-state index contributed by atoms with van der Waals surface area (Å²) < 4.78 is 49.2. The number of nitrogens with two attached hydrogens (primary N) is 1. The lowest BCUT2D eigenvalue weighted by atomic mass is 9.78. The van der Waals surface area contributed by atoms with Crippen LogP contribution in [-0.2, 0) is 12.0 Å². The first kappa shape index (κ1) is 19.8. The monoisotopic (exact) mass is 441 g/mol. The zero-order chi connectivity index (χ0) is 19.6. The predicted molar refractivity (Wildman–Crippen MR) is 100 cm³/mol.